The molecular weight excluding hydrogens is 187 g/mol. The van der Waals surface area contributed by atoms with Crippen LogP contribution in [0.15, 0.2) is 0 Å². The van der Waals surface area contributed by atoms with E-state index in [2.05, 4.69) is 0 Å². The smallest absolute Gasteiger partial charge is 0.348 e. The lowest BCUT2D eigenvalue weighted by Crippen LogP contribution is -2.40. The van der Waals surface area contributed by atoms with E-state index in [0.717, 1.165) is 0 Å². The lowest BCUT2D eigenvalue weighted by molar-refractivity contribution is -0.173. The summed E-state index contributed by atoms with van der Waals surface area (Å²) in [7, 11) is 0. The quantitative estimate of drug-likeness (QED) is 0.562. The van der Waals surface area contributed by atoms with Gasteiger partial charge in [-0.25, -0.2) is 0 Å². The van der Waals surface area contributed by atoms with Crippen molar-refractivity contribution in [3.8, 4) is 0 Å². The Hall–Kier alpha value is -0.820. The number of carbonyl (C=O) groups is 1. The van der Waals surface area contributed by atoms with Gasteiger partial charge in [0.05, 0.1) is 0 Å². The number of rotatable bonds is 4. The second kappa shape index (κ2) is 5.03. The lowest BCUT2D eigenvalue weighted by atomic mass is 10.2. The fourth-order valence-corrected chi connectivity index (χ4v) is 0.589. The van der Waals surface area contributed by atoms with Crippen LogP contribution in [-0.2, 0) is 4.79 Å². The highest BCUT2D eigenvalue weighted by atomic mass is 19.4. The average molecular weight is 199 g/mol. The molecule has 0 spiro atoms. The number of nitrogens with two attached hydrogens (primary N) is 2. The van der Waals surface area contributed by atoms with Gasteiger partial charge in [-0.3, -0.25) is 4.79 Å². The molecule has 1 amide bonds. The summed E-state index contributed by atoms with van der Waals surface area (Å²) in [6.07, 6.45) is -4.59. The van der Waals surface area contributed by atoms with Gasteiger partial charge in [-0.15, -0.1) is 0 Å². The van der Waals surface area contributed by atoms with Crippen molar-refractivity contribution in [3.05, 3.63) is 0 Å². The second-order valence-corrected chi connectivity index (χ2v) is 2.54. The number of nitrogens with one attached hydrogen (secondary N) is 1. The fraction of sp³-hybridized carbons (Fsp3) is 0.833. The Labute approximate surface area is 73.5 Å². The molecular formula is C6H12F3N3O. The first-order valence-corrected chi connectivity index (χ1v) is 3.68. The van der Waals surface area contributed by atoms with Crippen LogP contribution >= 0.6 is 0 Å². The van der Waals surface area contributed by atoms with E-state index in [1.165, 1.54) is 0 Å². The van der Waals surface area contributed by atoms with Crippen LogP contribution in [0.4, 0.5) is 13.2 Å². The van der Waals surface area contributed by atoms with Crippen LogP contribution in [-0.4, -0.2) is 31.2 Å². The Bertz CT molecular complexity index is 171. The van der Waals surface area contributed by atoms with Gasteiger partial charge in [0.15, 0.2) is 0 Å². The molecule has 0 heterocycles. The largest absolute Gasteiger partial charge is 0.471 e. The first-order chi connectivity index (χ1) is 5.88. The maximum atomic E-state index is 11.6. The predicted octanol–water partition coefficient (Wildman–Crippen LogP) is -0.659. The minimum atomic E-state index is -4.83. The normalized spacial score (nSPS) is 13.9. The van der Waals surface area contributed by atoms with Gasteiger partial charge < -0.3 is 16.8 Å². The van der Waals surface area contributed by atoms with Crippen molar-refractivity contribution in [2.24, 2.45) is 11.5 Å². The van der Waals surface area contributed by atoms with Gasteiger partial charge in [0.25, 0.3) is 0 Å². The van der Waals surface area contributed by atoms with Crippen molar-refractivity contribution < 1.29 is 18.0 Å². The molecule has 0 aromatic rings. The second-order valence-electron chi connectivity index (χ2n) is 2.54. The molecule has 0 aromatic heterocycles. The number of carbonyl (C=O) groups excluding carboxylic acids is 1. The standard InChI is InChI=1S/C6H12F3N3O/c7-6(8,9)5(13)12-2-1-4(11)3-10/h4H,1-3,10-11H2,(H,12,13). The lowest BCUT2D eigenvalue weighted by Gasteiger charge is -2.10. The molecule has 0 aromatic carbocycles. The summed E-state index contributed by atoms with van der Waals surface area (Å²) in [6.45, 7) is 0.0681. The summed E-state index contributed by atoms with van der Waals surface area (Å²) in [6, 6.07) is -0.381. The summed E-state index contributed by atoms with van der Waals surface area (Å²) in [5, 5.41) is 1.69. The van der Waals surface area contributed by atoms with E-state index in [0.29, 0.717) is 0 Å². The van der Waals surface area contributed by atoms with Gasteiger partial charge in [0.1, 0.15) is 0 Å². The van der Waals surface area contributed by atoms with Gasteiger partial charge >= 0.3 is 12.1 Å². The number of hydrogen-bond donors (Lipinski definition) is 3. The molecule has 0 rings (SSSR count). The summed E-state index contributed by atoms with van der Waals surface area (Å²) < 4.78 is 34.8. The summed E-state index contributed by atoms with van der Waals surface area (Å²) in [4.78, 5) is 10.2. The third kappa shape index (κ3) is 5.42. The molecule has 0 aliphatic heterocycles. The molecule has 13 heavy (non-hydrogen) atoms. The van der Waals surface area contributed by atoms with Crippen LogP contribution in [0.25, 0.3) is 0 Å². The predicted molar refractivity (Wildman–Crippen MR) is 40.7 cm³/mol. The zero-order valence-corrected chi connectivity index (χ0v) is 6.90. The first kappa shape index (κ1) is 12.2. The van der Waals surface area contributed by atoms with Crippen molar-refractivity contribution in [1.29, 1.82) is 0 Å². The zero-order valence-electron chi connectivity index (χ0n) is 6.90. The highest BCUT2D eigenvalue weighted by Crippen LogP contribution is 2.13. The monoisotopic (exact) mass is 199 g/mol. The molecule has 0 radical (unpaired) electrons. The molecule has 4 nitrogen and oxygen atoms in total. The zero-order chi connectivity index (χ0) is 10.5. The van der Waals surface area contributed by atoms with E-state index < -0.39 is 12.1 Å². The molecule has 5 N–H and O–H groups in total. The van der Waals surface area contributed by atoms with E-state index in [9.17, 15) is 18.0 Å². The fourth-order valence-electron chi connectivity index (χ4n) is 0.589. The van der Waals surface area contributed by atoms with Crippen molar-refractivity contribution in [3.63, 3.8) is 0 Å². The van der Waals surface area contributed by atoms with Crippen LogP contribution in [0.1, 0.15) is 6.42 Å². The molecule has 1 atom stereocenters. The Morgan fingerprint density at radius 3 is 2.38 bits per heavy atom. The minimum absolute atomic E-state index is 0.114. The molecule has 0 bridgehead atoms. The molecule has 1 unspecified atom stereocenters. The summed E-state index contributed by atoms with van der Waals surface area (Å²) >= 11 is 0. The van der Waals surface area contributed by atoms with E-state index in [-0.39, 0.29) is 25.6 Å². The Morgan fingerprint density at radius 2 is 2.00 bits per heavy atom. The molecule has 0 aliphatic rings. The summed E-state index contributed by atoms with van der Waals surface area (Å²) in [5.74, 6) is -1.95. The van der Waals surface area contributed by atoms with E-state index in [1.54, 1.807) is 5.32 Å². The molecule has 7 heteroatoms. The van der Waals surface area contributed by atoms with Crippen LogP contribution in [0.2, 0.25) is 0 Å². The van der Waals surface area contributed by atoms with Gasteiger partial charge in [-0.05, 0) is 6.42 Å². The molecule has 78 valence electrons. The Kier molecular flexibility index (Phi) is 4.71. The van der Waals surface area contributed by atoms with E-state index >= 15 is 0 Å². The van der Waals surface area contributed by atoms with Crippen LogP contribution in [0.3, 0.4) is 0 Å². The molecule has 0 saturated heterocycles. The van der Waals surface area contributed by atoms with E-state index in [4.69, 9.17) is 11.5 Å². The van der Waals surface area contributed by atoms with Crippen LogP contribution in [0, 0.1) is 0 Å². The van der Waals surface area contributed by atoms with Crippen LogP contribution in [0.5, 0.6) is 0 Å². The highest BCUT2D eigenvalue weighted by molar-refractivity contribution is 5.81. The third-order valence-electron chi connectivity index (χ3n) is 1.36. The Balaban J connectivity index is 3.60. The molecule has 0 fully saturated rings. The topological polar surface area (TPSA) is 81.1 Å². The average Bonchev–Trinajstić information content (AvgIpc) is 2.02. The number of alkyl halides is 3. The van der Waals surface area contributed by atoms with Crippen molar-refractivity contribution in [1.82, 2.24) is 5.32 Å². The maximum Gasteiger partial charge on any atom is 0.471 e. The van der Waals surface area contributed by atoms with Crippen molar-refractivity contribution in [2.45, 2.75) is 18.6 Å². The van der Waals surface area contributed by atoms with Crippen molar-refractivity contribution >= 4 is 5.91 Å². The third-order valence-corrected chi connectivity index (χ3v) is 1.36. The van der Waals surface area contributed by atoms with Crippen LogP contribution < -0.4 is 16.8 Å². The van der Waals surface area contributed by atoms with E-state index in [1.807, 2.05) is 0 Å². The molecule has 0 saturated carbocycles. The Morgan fingerprint density at radius 1 is 1.46 bits per heavy atom. The van der Waals surface area contributed by atoms with Gasteiger partial charge in [-0.1, -0.05) is 0 Å². The van der Waals surface area contributed by atoms with Crippen molar-refractivity contribution in [2.75, 3.05) is 13.1 Å². The first-order valence-electron chi connectivity index (χ1n) is 3.68. The summed E-state index contributed by atoms with van der Waals surface area (Å²) in [5.41, 5.74) is 10.4. The van der Waals surface area contributed by atoms with Gasteiger partial charge in [0.2, 0.25) is 0 Å². The number of hydrogen-bond acceptors (Lipinski definition) is 3. The molecule has 0 aliphatic carbocycles. The van der Waals surface area contributed by atoms with Gasteiger partial charge in [-0.2, -0.15) is 13.2 Å². The maximum absolute atomic E-state index is 11.6. The van der Waals surface area contributed by atoms with Gasteiger partial charge in [0, 0.05) is 19.1 Å². The minimum Gasteiger partial charge on any atom is -0.348 e. The number of amides is 1. The number of halogens is 3. The SMILES string of the molecule is NCC(N)CCNC(=O)C(F)(F)F. The highest BCUT2D eigenvalue weighted by Gasteiger charge is 2.38.